The molecule has 1 saturated heterocycles. The third kappa shape index (κ3) is 3.17. The molecule has 2 aromatic heterocycles. The monoisotopic (exact) mass is 387 g/mol. The molecule has 1 aliphatic rings. The van der Waals surface area contributed by atoms with Crippen LogP contribution < -0.4 is 0 Å². The number of aromatic nitrogens is 3. The predicted molar refractivity (Wildman–Crippen MR) is 92.1 cm³/mol. The maximum atomic E-state index is 12.6. The van der Waals surface area contributed by atoms with Crippen LogP contribution in [0, 0.1) is 10.1 Å². The molecule has 0 unspecified atom stereocenters. The molecule has 0 bridgehead atoms. The van der Waals surface area contributed by atoms with Gasteiger partial charge in [0.2, 0.25) is 21.7 Å². The zero-order valence-corrected chi connectivity index (χ0v) is 14.6. The molecule has 0 saturated carbocycles. The fourth-order valence-electron chi connectivity index (χ4n) is 2.69. The second-order valence-corrected chi connectivity index (χ2v) is 7.91. The molecule has 0 N–H and O–H groups in total. The van der Waals surface area contributed by atoms with E-state index in [0.717, 1.165) is 0 Å². The minimum absolute atomic E-state index is 0.00753. The summed E-state index contributed by atoms with van der Waals surface area (Å²) in [5.74, 6) is 0.564. The predicted octanol–water partition coefficient (Wildman–Crippen LogP) is 1.83. The zero-order chi connectivity index (χ0) is 19.0. The smallest absolute Gasteiger partial charge is 0.269 e. The van der Waals surface area contributed by atoms with Crippen LogP contribution in [-0.2, 0) is 10.0 Å². The van der Waals surface area contributed by atoms with Crippen molar-refractivity contribution in [1.29, 1.82) is 0 Å². The van der Waals surface area contributed by atoms with E-state index in [1.54, 1.807) is 24.5 Å². The quantitative estimate of drug-likeness (QED) is 0.478. The molecule has 11 heteroatoms. The zero-order valence-electron chi connectivity index (χ0n) is 13.8. The number of pyridine rings is 1. The Morgan fingerprint density at radius 3 is 2.56 bits per heavy atom. The van der Waals surface area contributed by atoms with Crippen LogP contribution in [-0.4, -0.2) is 45.9 Å². The lowest BCUT2D eigenvalue weighted by Crippen LogP contribution is -2.48. The molecule has 3 heterocycles. The summed E-state index contributed by atoms with van der Waals surface area (Å²) < 4.78 is 31.7. The number of hydrogen-bond donors (Lipinski definition) is 0. The third-order valence-corrected chi connectivity index (χ3v) is 6.09. The molecular formula is C16H13N5O5S. The van der Waals surface area contributed by atoms with Crippen molar-refractivity contribution >= 4 is 15.7 Å². The number of nitro groups is 1. The van der Waals surface area contributed by atoms with Crippen molar-refractivity contribution in [3.05, 3.63) is 64.8 Å². The maximum Gasteiger partial charge on any atom is 0.269 e. The Bertz CT molecular complexity index is 1080. The highest BCUT2D eigenvalue weighted by Crippen LogP contribution is 2.32. The van der Waals surface area contributed by atoms with Crippen molar-refractivity contribution in [2.24, 2.45) is 0 Å². The average molecular weight is 387 g/mol. The normalized spacial score (nSPS) is 15.4. The van der Waals surface area contributed by atoms with E-state index in [-0.39, 0.29) is 29.6 Å². The van der Waals surface area contributed by atoms with Crippen LogP contribution in [0.5, 0.6) is 0 Å². The molecule has 0 radical (unpaired) electrons. The number of rotatable bonds is 5. The standard InChI is InChI=1S/C16H13N5O5S/c22-21(23)13-3-5-14(6-4-13)27(24,25)20-9-12(10-20)16-18-15(19-26-16)11-2-1-7-17-8-11/h1-8,12H,9-10H2. The molecule has 138 valence electrons. The molecule has 1 aromatic carbocycles. The largest absolute Gasteiger partial charge is 0.339 e. The van der Waals surface area contributed by atoms with Crippen molar-refractivity contribution in [3.63, 3.8) is 0 Å². The Labute approximate surface area is 153 Å². The summed E-state index contributed by atoms with van der Waals surface area (Å²) in [6, 6.07) is 8.35. The van der Waals surface area contributed by atoms with Gasteiger partial charge in [0, 0.05) is 43.2 Å². The van der Waals surface area contributed by atoms with Crippen LogP contribution in [0.15, 0.2) is 58.2 Å². The van der Waals surface area contributed by atoms with Gasteiger partial charge >= 0.3 is 0 Å². The van der Waals surface area contributed by atoms with E-state index in [1.807, 2.05) is 0 Å². The first-order chi connectivity index (χ1) is 12.9. The molecule has 4 rings (SSSR count). The number of nitro benzene ring substituents is 1. The summed E-state index contributed by atoms with van der Waals surface area (Å²) in [7, 11) is -3.72. The summed E-state index contributed by atoms with van der Waals surface area (Å²) in [6.45, 7) is 0.405. The molecule has 27 heavy (non-hydrogen) atoms. The summed E-state index contributed by atoms with van der Waals surface area (Å²) in [4.78, 5) is 18.4. The highest BCUT2D eigenvalue weighted by molar-refractivity contribution is 7.89. The number of benzene rings is 1. The lowest BCUT2D eigenvalue weighted by molar-refractivity contribution is -0.384. The molecule has 0 atom stereocenters. The van der Waals surface area contributed by atoms with E-state index in [4.69, 9.17) is 4.52 Å². The summed E-state index contributed by atoms with van der Waals surface area (Å²) >= 11 is 0. The highest BCUT2D eigenvalue weighted by Gasteiger charge is 2.40. The van der Waals surface area contributed by atoms with Gasteiger partial charge in [-0.15, -0.1) is 0 Å². The molecule has 1 aliphatic heterocycles. The van der Waals surface area contributed by atoms with Gasteiger partial charge in [-0.3, -0.25) is 15.1 Å². The van der Waals surface area contributed by atoms with Crippen LogP contribution in [0.2, 0.25) is 0 Å². The molecule has 1 fully saturated rings. The molecule has 10 nitrogen and oxygen atoms in total. The van der Waals surface area contributed by atoms with Crippen molar-refractivity contribution in [3.8, 4) is 11.4 Å². The minimum Gasteiger partial charge on any atom is -0.339 e. The number of sulfonamides is 1. The topological polar surface area (TPSA) is 132 Å². The Hall–Kier alpha value is -3.18. The van der Waals surface area contributed by atoms with Gasteiger partial charge in [-0.25, -0.2) is 8.42 Å². The molecular weight excluding hydrogens is 374 g/mol. The van der Waals surface area contributed by atoms with Crippen LogP contribution >= 0.6 is 0 Å². The number of nitrogens with zero attached hydrogens (tertiary/aromatic N) is 5. The van der Waals surface area contributed by atoms with Crippen LogP contribution in [0.1, 0.15) is 11.8 Å². The first kappa shape index (κ1) is 17.2. The van der Waals surface area contributed by atoms with E-state index in [0.29, 0.717) is 17.3 Å². The Morgan fingerprint density at radius 2 is 1.93 bits per heavy atom. The summed E-state index contributed by atoms with van der Waals surface area (Å²) in [5, 5.41) is 14.6. The van der Waals surface area contributed by atoms with Gasteiger partial charge < -0.3 is 4.52 Å². The summed E-state index contributed by atoms with van der Waals surface area (Å²) in [6.07, 6.45) is 3.25. The molecule has 0 aliphatic carbocycles. The number of hydrogen-bond acceptors (Lipinski definition) is 8. The van der Waals surface area contributed by atoms with Gasteiger partial charge in [0.25, 0.3) is 5.69 Å². The minimum atomic E-state index is -3.72. The van der Waals surface area contributed by atoms with Gasteiger partial charge in [0.05, 0.1) is 15.7 Å². The first-order valence-electron chi connectivity index (χ1n) is 7.94. The molecule has 3 aromatic rings. The van der Waals surface area contributed by atoms with Crippen molar-refractivity contribution in [1.82, 2.24) is 19.4 Å². The molecule has 0 spiro atoms. The van der Waals surface area contributed by atoms with E-state index >= 15 is 0 Å². The Kier molecular flexibility index (Phi) is 4.16. The molecule has 0 amide bonds. The fraction of sp³-hybridized carbons (Fsp3) is 0.188. The number of non-ortho nitro benzene ring substituents is 1. The average Bonchev–Trinajstić information content (AvgIpc) is 3.10. The van der Waals surface area contributed by atoms with Crippen molar-refractivity contribution < 1.29 is 17.9 Å². The first-order valence-corrected chi connectivity index (χ1v) is 9.38. The second-order valence-electron chi connectivity index (χ2n) is 5.97. The van der Waals surface area contributed by atoms with E-state index in [1.165, 1.54) is 28.6 Å². The van der Waals surface area contributed by atoms with Gasteiger partial charge in [0.1, 0.15) is 0 Å². The van der Waals surface area contributed by atoms with Crippen LogP contribution in [0.25, 0.3) is 11.4 Å². The van der Waals surface area contributed by atoms with Gasteiger partial charge in [0.15, 0.2) is 0 Å². The van der Waals surface area contributed by atoms with Crippen molar-refractivity contribution in [2.75, 3.05) is 13.1 Å². The second kappa shape index (κ2) is 6.52. The lowest BCUT2D eigenvalue weighted by Gasteiger charge is -2.35. The maximum absolute atomic E-state index is 12.6. The SMILES string of the molecule is O=[N+]([O-])c1ccc(S(=O)(=O)N2CC(c3nc(-c4cccnc4)no3)C2)cc1. The third-order valence-electron chi connectivity index (χ3n) is 4.24. The van der Waals surface area contributed by atoms with Crippen LogP contribution in [0.4, 0.5) is 5.69 Å². The van der Waals surface area contributed by atoms with E-state index in [9.17, 15) is 18.5 Å². The van der Waals surface area contributed by atoms with E-state index in [2.05, 4.69) is 15.1 Å². The Morgan fingerprint density at radius 1 is 1.19 bits per heavy atom. The lowest BCUT2D eigenvalue weighted by atomic mass is 10.0. The highest BCUT2D eigenvalue weighted by atomic mass is 32.2. The van der Waals surface area contributed by atoms with Crippen molar-refractivity contribution in [2.45, 2.75) is 10.8 Å². The van der Waals surface area contributed by atoms with Gasteiger partial charge in [-0.1, -0.05) is 5.16 Å². The van der Waals surface area contributed by atoms with Crippen LogP contribution in [0.3, 0.4) is 0 Å². The van der Waals surface area contributed by atoms with Gasteiger partial charge in [-0.2, -0.15) is 9.29 Å². The van der Waals surface area contributed by atoms with E-state index < -0.39 is 14.9 Å². The fourth-order valence-corrected chi connectivity index (χ4v) is 4.22. The summed E-state index contributed by atoms with van der Waals surface area (Å²) in [5.41, 5.74) is 0.548. The van der Waals surface area contributed by atoms with Gasteiger partial charge in [-0.05, 0) is 24.3 Å². The Balaban J connectivity index is 1.46.